The van der Waals surface area contributed by atoms with Gasteiger partial charge in [-0.25, -0.2) is 0 Å². The monoisotopic (exact) mass is 354 g/mol. The topological polar surface area (TPSA) is 72.7 Å². The molecule has 1 aliphatic rings. The van der Waals surface area contributed by atoms with Crippen molar-refractivity contribution < 1.29 is 14.5 Å². The molecule has 2 aromatic rings. The van der Waals surface area contributed by atoms with E-state index in [1.165, 1.54) is 18.6 Å². The minimum absolute atomic E-state index is 0.0536. The smallest absolute Gasteiger partial charge is 0.273 e. The highest BCUT2D eigenvalue weighted by molar-refractivity contribution is 5.95. The zero-order valence-electron chi connectivity index (χ0n) is 14.5. The fourth-order valence-electron chi connectivity index (χ4n) is 3.39. The summed E-state index contributed by atoms with van der Waals surface area (Å²) >= 11 is 0. The number of carbonyl (C=O) groups excluding carboxylic acids is 1. The summed E-state index contributed by atoms with van der Waals surface area (Å²) in [4.78, 5) is 25.1. The van der Waals surface area contributed by atoms with Crippen LogP contribution in [0.5, 0.6) is 5.75 Å². The van der Waals surface area contributed by atoms with Gasteiger partial charge in [0.1, 0.15) is 5.75 Å². The van der Waals surface area contributed by atoms with Crippen molar-refractivity contribution >= 4 is 17.3 Å². The molecule has 0 aromatic heterocycles. The van der Waals surface area contributed by atoms with Gasteiger partial charge in [-0.1, -0.05) is 43.5 Å². The summed E-state index contributed by atoms with van der Waals surface area (Å²) in [6.07, 6.45) is 5.41. The molecule has 1 fully saturated rings. The van der Waals surface area contributed by atoms with Gasteiger partial charge in [0.2, 0.25) is 0 Å². The highest BCUT2D eigenvalue weighted by Crippen LogP contribution is 2.28. The van der Waals surface area contributed by atoms with Crippen LogP contribution in [0.3, 0.4) is 0 Å². The summed E-state index contributed by atoms with van der Waals surface area (Å²) in [5.74, 6) is 0.193. The normalized spacial score (nSPS) is 14.6. The number of carbonyl (C=O) groups is 1. The molecule has 2 aromatic carbocycles. The van der Waals surface area contributed by atoms with E-state index in [1.54, 1.807) is 12.1 Å². The summed E-state index contributed by atoms with van der Waals surface area (Å²) in [6.45, 7) is -0.146. The lowest BCUT2D eigenvalue weighted by Crippen LogP contribution is -2.44. The lowest BCUT2D eigenvalue weighted by Gasteiger charge is -2.34. The van der Waals surface area contributed by atoms with Gasteiger partial charge < -0.3 is 9.64 Å². The zero-order valence-corrected chi connectivity index (χ0v) is 14.5. The Balaban J connectivity index is 1.73. The summed E-state index contributed by atoms with van der Waals surface area (Å²) < 4.78 is 5.56. The van der Waals surface area contributed by atoms with Crippen LogP contribution < -0.4 is 9.64 Å². The fourth-order valence-corrected chi connectivity index (χ4v) is 3.39. The van der Waals surface area contributed by atoms with E-state index < -0.39 is 4.92 Å². The Bertz CT molecular complexity index is 757. The predicted octanol–water partition coefficient (Wildman–Crippen LogP) is 4.34. The molecule has 0 N–H and O–H groups in total. The molecule has 6 nitrogen and oxygen atoms in total. The van der Waals surface area contributed by atoms with E-state index in [-0.39, 0.29) is 24.2 Å². The second-order valence-electron chi connectivity index (χ2n) is 6.43. The maximum Gasteiger partial charge on any atom is 0.273 e. The third-order valence-corrected chi connectivity index (χ3v) is 4.63. The van der Waals surface area contributed by atoms with E-state index in [0.717, 1.165) is 31.4 Å². The highest BCUT2D eigenvalue weighted by atomic mass is 16.6. The molecule has 0 saturated heterocycles. The molecule has 0 unspecified atom stereocenters. The lowest BCUT2D eigenvalue weighted by atomic mass is 9.93. The van der Waals surface area contributed by atoms with Gasteiger partial charge in [-0.2, -0.15) is 0 Å². The first-order valence-corrected chi connectivity index (χ1v) is 8.89. The van der Waals surface area contributed by atoms with Crippen molar-refractivity contribution in [2.24, 2.45) is 0 Å². The Kier molecular flexibility index (Phi) is 5.84. The lowest BCUT2D eigenvalue weighted by molar-refractivity contribution is -0.384. The predicted molar refractivity (Wildman–Crippen MR) is 99.4 cm³/mol. The number of para-hydroxylation sites is 1. The van der Waals surface area contributed by atoms with E-state index in [4.69, 9.17) is 4.74 Å². The Morgan fingerprint density at radius 1 is 1.08 bits per heavy atom. The number of hydrogen-bond donors (Lipinski definition) is 0. The van der Waals surface area contributed by atoms with Gasteiger partial charge in [0.05, 0.1) is 11.0 Å². The van der Waals surface area contributed by atoms with Gasteiger partial charge in [-0.3, -0.25) is 14.9 Å². The first-order valence-electron chi connectivity index (χ1n) is 8.89. The fraction of sp³-hybridized carbons (Fsp3) is 0.350. The number of rotatable bonds is 6. The minimum atomic E-state index is -0.479. The summed E-state index contributed by atoms with van der Waals surface area (Å²) in [5.41, 5.74) is 0.814. The highest BCUT2D eigenvalue weighted by Gasteiger charge is 2.27. The number of anilines is 1. The summed E-state index contributed by atoms with van der Waals surface area (Å²) in [5, 5.41) is 10.9. The van der Waals surface area contributed by atoms with Crippen LogP contribution in [0.2, 0.25) is 0 Å². The van der Waals surface area contributed by atoms with Crippen LogP contribution in [-0.4, -0.2) is 23.5 Å². The molecule has 6 heteroatoms. The number of nitro benzene ring substituents is 1. The molecule has 3 rings (SSSR count). The first-order chi connectivity index (χ1) is 12.6. The standard InChI is InChI=1S/C20H22N2O4/c23-20(15-26-19-13-7-12-18(14-19)22(24)25)21(16-8-3-1-4-9-16)17-10-5-2-6-11-17/h1,3-4,7-9,12-14,17H,2,5-6,10-11,15H2. The van der Waals surface area contributed by atoms with Gasteiger partial charge in [0.25, 0.3) is 11.6 Å². The quantitative estimate of drug-likeness (QED) is 0.571. The van der Waals surface area contributed by atoms with Gasteiger partial charge in [-0.15, -0.1) is 0 Å². The first kappa shape index (κ1) is 17.9. The minimum Gasteiger partial charge on any atom is -0.483 e. The Morgan fingerprint density at radius 3 is 2.50 bits per heavy atom. The summed E-state index contributed by atoms with van der Waals surface area (Å²) in [6, 6.07) is 15.7. The van der Waals surface area contributed by atoms with E-state index in [9.17, 15) is 14.9 Å². The van der Waals surface area contributed by atoms with Crippen molar-refractivity contribution in [2.45, 2.75) is 38.1 Å². The van der Waals surface area contributed by atoms with Crippen LogP contribution in [0.4, 0.5) is 11.4 Å². The molecule has 1 amide bonds. The van der Waals surface area contributed by atoms with Gasteiger partial charge in [0.15, 0.2) is 6.61 Å². The maximum atomic E-state index is 12.9. The van der Waals surface area contributed by atoms with Crippen LogP contribution in [0.1, 0.15) is 32.1 Å². The van der Waals surface area contributed by atoms with Gasteiger partial charge in [-0.05, 0) is 31.0 Å². The van der Waals surface area contributed by atoms with Crippen LogP contribution >= 0.6 is 0 Å². The molecule has 1 aliphatic carbocycles. The van der Waals surface area contributed by atoms with E-state index >= 15 is 0 Å². The van der Waals surface area contributed by atoms with Crippen LogP contribution in [-0.2, 0) is 4.79 Å². The molecule has 0 aliphatic heterocycles. The second kappa shape index (κ2) is 8.47. The number of amides is 1. The van der Waals surface area contributed by atoms with Gasteiger partial charge >= 0.3 is 0 Å². The van der Waals surface area contributed by atoms with E-state index in [1.807, 2.05) is 35.2 Å². The largest absolute Gasteiger partial charge is 0.483 e. The number of nitro groups is 1. The summed E-state index contributed by atoms with van der Waals surface area (Å²) in [7, 11) is 0. The molecule has 136 valence electrons. The molecule has 0 radical (unpaired) electrons. The van der Waals surface area contributed by atoms with E-state index in [0.29, 0.717) is 5.75 Å². The molecule has 26 heavy (non-hydrogen) atoms. The molecular weight excluding hydrogens is 332 g/mol. The molecule has 0 atom stereocenters. The Labute approximate surface area is 152 Å². The number of ether oxygens (including phenoxy) is 1. The number of nitrogens with zero attached hydrogens (tertiary/aromatic N) is 2. The van der Waals surface area contributed by atoms with Crippen molar-refractivity contribution in [3.8, 4) is 5.75 Å². The molecule has 0 spiro atoms. The van der Waals surface area contributed by atoms with E-state index in [2.05, 4.69) is 0 Å². The molecule has 0 bridgehead atoms. The van der Waals surface area contributed by atoms with Gasteiger partial charge in [0, 0.05) is 17.8 Å². The third kappa shape index (κ3) is 4.39. The Morgan fingerprint density at radius 2 is 1.81 bits per heavy atom. The average Bonchev–Trinajstić information content (AvgIpc) is 2.68. The van der Waals surface area contributed by atoms with Crippen molar-refractivity contribution in [2.75, 3.05) is 11.5 Å². The Hall–Kier alpha value is -2.89. The second-order valence-corrected chi connectivity index (χ2v) is 6.43. The van der Waals surface area contributed by atoms with Crippen molar-refractivity contribution in [1.82, 2.24) is 0 Å². The number of hydrogen-bond acceptors (Lipinski definition) is 4. The third-order valence-electron chi connectivity index (χ3n) is 4.63. The number of non-ortho nitro benzene ring substituents is 1. The molecular formula is C20H22N2O4. The van der Waals surface area contributed by atoms with Crippen molar-refractivity contribution in [3.05, 3.63) is 64.7 Å². The van der Waals surface area contributed by atoms with Crippen molar-refractivity contribution in [1.29, 1.82) is 0 Å². The maximum absolute atomic E-state index is 12.9. The van der Waals surface area contributed by atoms with Crippen LogP contribution in [0.25, 0.3) is 0 Å². The SMILES string of the molecule is O=C(COc1cccc([N+](=O)[O-])c1)N(c1ccccc1)C1CCCCC1. The van der Waals surface area contributed by atoms with Crippen LogP contribution in [0.15, 0.2) is 54.6 Å². The zero-order chi connectivity index (χ0) is 18.4. The number of benzene rings is 2. The average molecular weight is 354 g/mol. The molecule has 1 saturated carbocycles. The van der Waals surface area contributed by atoms with Crippen molar-refractivity contribution in [3.63, 3.8) is 0 Å². The molecule has 0 heterocycles. The van der Waals surface area contributed by atoms with Crippen LogP contribution in [0, 0.1) is 10.1 Å².